The fourth-order valence-electron chi connectivity index (χ4n) is 5.09. The van der Waals surface area contributed by atoms with Crippen LogP contribution in [-0.4, -0.2) is 55.7 Å². The zero-order valence-corrected chi connectivity index (χ0v) is 20.0. The standard InChI is InChI=1S/C28H38N2O3/c1-32-22-25-11-7-15-29(20-25)19-24-13-14-27-26(18-24)21-30(16-17-33-27)28(31)12-6-5-10-23-8-3-2-4-9-23/h2-4,8-9,13-14,18,25H,5-7,10-12,15-17,19-22H2,1H3/t25-/m0/s1. The van der Waals surface area contributed by atoms with Crippen LogP contribution in [0.5, 0.6) is 5.75 Å². The van der Waals surface area contributed by atoms with Crippen LogP contribution in [0.25, 0.3) is 0 Å². The van der Waals surface area contributed by atoms with Crippen molar-refractivity contribution in [2.45, 2.75) is 51.6 Å². The molecular weight excluding hydrogens is 412 g/mol. The molecule has 1 atom stereocenters. The molecule has 2 aliphatic rings. The van der Waals surface area contributed by atoms with E-state index in [1.54, 1.807) is 7.11 Å². The fourth-order valence-corrected chi connectivity index (χ4v) is 5.09. The molecule has 2 aromatic carbocycles. The SMILES string of the molecule is COC[C@H]1CCCN(Cc2ccc3c(c2)CN(C(=O)CCCCc2ccccc2)CCO3)C1. The molecule has 2 heterocycles. The first kappa shape index (κ1) is 23.8. The molecule has 33 heavy (non-hydrogen) atoms. The van der Waals surface area contributed by atoms with Crippen LogP contribution in [0, 0.1) is 5.92 Å². The lowest BCUT2D eigenvalue weighted by molar-refractivity contribution is -0.132. The average molecular weight is 451 g/mol. The average Bonchev–Trinajstić information content (AvgIpc) is 3.05. The maximum Gasteiger partial charge on any atom is 0.222 e. The predicted molar refractivity (Wildman–Crippen MR) is 131 cm³/mol. The molecule has 5 heteroatoms. The first-order valence-corrected chi connectivity index (χ1v) is 12.5. The van der Waals surface area contributed by atoms with Crippen molar-refractivity contribution in [2.24, 2.45) is 5.92 Å². The van der Waals surface area contributed by atoms with E-state index in [9.17, 15) is 4.79 Å². The number of carbonyl (C=O) groups excluding carboxylic acids is 1. The highest BCUT2D eigenvalue weighted by Gasteiger charge is 2.22. The van der Waals surface area contributed by atoms with Crippen molar-refractivity contribution >= 4 is 5.91 Å². The Morgan fingerprint density at radius 3 is 2.82 bits per heavy atom. The Morgan fingerprint density at radius 2 is 1.97 bits per heavy atom. The summed E-state index contributed by atoms with van der Waals surface area (Å²) in [6.45, 7) is 5.89. The molecule has 0 saturated carbocycles. The van der Waals surface area contributed by atoms with Gasteiger partial charge in [0, 0.05) is 38.7 Å². The lowest BCUT2D eigenvalue weighted by atomic mass is 9.98. The van der Waals surface area contributed by atoms with Crippen molar-refractivity contribution < 1.29 is 14.3 Å². The van der Waals surface area contributed by atoms with Crippen molar-refractivity contribution in [1.29, 1.82) is 0 Å². The predicted octanol–water partition coefficient (Wildman–Crippen LogP) is 4.68. The second-order valence-electron chi connectivity index (χ2n) is 9.50. The van der Waals surface area contributed by atoms with Crippen LogP contribution >= 0.6 is 0 Å². The normalized spacial score (nSPS) is 18.9. The molecule has 0 bridgehead atoms. The number of methoxy groups -OCH3 is 1. The van der Waals surface area contributed by atoms with Crippen LogP contribution in [0.1, 0.15) is 48.8 Å². The van der Waals surface area contributed by atoms with E-state index in [2.05, 4.69) is 47.4 Å². The van der Waals surface area contributed by atoms with E-state index in [-0.39, 0.29) is 5.91 Å². The van der Waals surface area contributed by atoms with Crippen LogP contribution in [0.3, 0.4) is 0 Å². The second kappa shape index (κ2) is 12.2. The van der Waals surface area contributed by atoms with Crippen molar-refractivity contribution in [2.75, 3.05) is 40.0 Å². The summed E-state index contributed by atoms with van der Waals surface area (Å²) in [7, 11) is 1.79. The second-order valence-corrected chi connectivity index (χ2v) is 9.50. The van der Waals surface area contributed by atoms with Gasteiger partial charge in [-0.15, -0.1) is 0 Å². The number of fused-ring (bicyclic) bond motifs is 1. The lowest BCUT2D eigenvalue weighted by Gasteiger charge is -2.32. The Balaban J connectivity index is 1.30. The van der Waals surface area contributed by atoms with Gasteiger partial charge in [-0.05, 0) is 67.8 Å². The van der Waals surface area contributed by atoms with Crippen LogP contribution in [0.15, 0.2) is 48.5 Å². The molecule has 1 amide bonds. The van der Waals surface area contributed by atoms with Gasteiger partial charge < -0.3 is 14.4 Å². The van der Waals surface area contributed by atoms with Gasteiger partial charge in [0.1, 0.15) is 12.4 Å². The maximum absolute atomic E-state index is 12.9. The number of amides is 1. The molecule has 0 aliphatic carbocycles. The van der Waals surface area contributed by atoms with Crippen LogP contribution in [0.4, 0.5) is 0 Å². The molecule has 178 valence electrons. The number of rotatable bonds is 9. The third-order valence-corrected chi connectivity index (χ3v) is 6.82. The van der Waals surface area contributed by atoms with Crippen LogP contribution in [0.2, 0.25) is 0 Å². The fraction of sp³-hybridized carbons (Fsp3) is 0.536. The highest BCUT2D eigenvalue weighted by atomic mass is 16.5. The van der Waals surface area contributed by atoms with Gasteiger partial charge >= 0.3 is 0 Å². The van der Waals surface area contributed by atoms with Crippen molar-refractivity contribution in [3.05, 3.63) is 65.2 Å². The summed E-state index contributed by atoms with van der Waals surface area (Å²) in [5, 5.41) is 0. The van der Waals surface area contributed by atoms with Crippen molar-refractivity contribution in [1.82, 2.24) is 9.80 Å². The zero-order chi connectivity index (χ0) is 22.9. The smallest absolute Gasteiger partial charge is 0.222 e. The minimum Gasteiger partial charge on any atom is -0.491 e. The maximum atomic E-state index is 12.9. The van der Waals surface area contributed by atoms with E-state index >= 15 is 0 Å². The van der Waals surface area contributed by atoms with Gasteiger partial charge in [0.2, 0.25) is 5.91 Å². The summed E-state index contributed by atoms with van der Waals surface area (Å²) in [6.07, 6.45) is 6.09. The number of piperidine rings is 1. The number of hydrogen-bond donors (Lipinski definition) is 0. The number of carbonyl (C=O) groups is 1. The highest BCUT2D eigenvalue weighted by molar-refractivity contribution is 5.76. The first-order chi connectivity index (χ1) is 16.2. The Bertz CT molecular complexity index is 884. The number of nitrogens with zero attached hydrogens (tertiary/aromatic N) is 2. The number of unbranched alkanes of at least 4 members (excludes halogenated alkanes) is 1. The Hall–Kier alpha value is -2.37. The molecule has 0 radical (unpaired) electrons. The van der Waals surface area contributed by atoms with Crippen molar-refractivity contribution in [3.63, 3.8) is 0 Å². The van der Waals surface area contributed by atoms with Gasteiger partial charge in [-0.2, -0.15) is 0 Å². The summed E-state index contributed by atoms with van der Waals surface area (Å²) in [5.41, 5.74) is 3.78. The van der Waals surface area contributed by atoms with E-state index in [0.717, 1.165) is 56.8 Å². The molecular formula is C28H38N2O3. The lowest BCUT2D eigenvalue weighted by Crippen LogP contribution is -2.36. The minimum atomic E-state index is 0.239. The summed E-state index contributed by atoms with van der Waals surface area (Å²) in [5.74, 6) is 1.79. The number of aryl methyl sites for hydroxylation is 1. The third kappa shape index (κ3) is 7.05. The van der Waals surface area contributed by atoms with Gasteiger partial charge in [-0.25, -0.2) is 0 Å². The van der Waals surface area contributed by atoms with E-state index in [4.69, 9.17) is 9.47 Å². The topological polar surface area (TPSA) is 42.0 Å². The van der Waals surface area contributed by atoms with Gasteiger partial charge in [-0.3, -0.25) is 9.69 Å². The molecule has 2 aromatic rings. The molecule has 0 unspecified atom stereocenters. The third-order valence-electron chi connectivity index (χ3n) is 6.82. The Kier molecular flexibility index (Phi) is 8.79. The van der Waals surface area contributed by atoms with E-state index in [1.807, 2.05) is 11.0 Å². The van der Waals surface area contributed by atoms with Gasteiger partial charge in [-0.1, -0.05) is 36.4 Å². The number of likely N-dealkylation sites (tertiary alicyclic amines) is 1. The largest absolute Gasteiger partial charge is 0.491 e. The van der Waals surface area contributed by atoms with Gasteiger partial charge in [0.05, 0.1) is 13.2 Å². The molecule has 0 spiro atoms. The molecule has 5 nitrogen and oxygen atoms in total. The molecule has 1 saturated heterocycles. The Labute approximate surface area is 198 Å². The van der Waals surface area contributed by atoms with Gasteiger partial charge in [0.15, 0.2) is 0 Å². The minimum absolute atomic E-state index is 0.239. The van der Waals surface area contributed by atoms with Gasteiger partial charge in [0.25, 0.3) is 0 Å². The molecule has 0 aromatic heterocycles. The summed E-state index contributed by atoms with van der Waals surface area (Å²) < 4.78 is 11.4. The van der Waals surface area contributed by atoms with Crippen LogP contribution in [-0.2, 0) is 29.0 Å². The molecule has 4 rings (SSSR count). The van der Waals surface area contributed by atoms with E-state index in [0.29, 0.717) is 32.0 Å². The molecule has 2 aliphatic heterocycles. The van der Waals surface area contributed by atoms with E-state index < -0.39 is 0 Å². The summed E-state index contributed by atoms with van der Waals surface area (Å²) in [4.78, 5) is 17.4. The summed E-state index contributed by atoms with van der Waals surface area (Å²) >= 11 is 0. The molecule has 0 N–H and O–H groups in total. The molecule has 1 fully saturated rings. The monoisotopic (exact) mass is 450 g/mol. The van der Waals surface area contributed by atoms with Crippen LogP contribution < -0.4 is 4.74 Å². The summed E-state index contributed by atoms with van der Waals surface area (Å²) in [6, 6.07) is 17.0. The number of benzene rings is 2. The zero-order valence-electron chi connectivity index (χ0n) is 20.0. The van der Waals surface area contributed by atoms with E-state index in [1.165, 1.54) is 24.0 Å². The Morgan fingerprint density at radius 1 is 1.09 bits per heavy atom. The number of ether oxygens (including phenoxy) is 2. The van der Waals surface area contributed by atoms with Crippen molar-refractivity contribution in [3.8, 4) is 5.75 Å². The highest BCUT2D eigenvalue weighted by Crippen LogP contribution is 2.27. The number of hydrogen-bond acceptors (Lipinski definition) is 4. The quantitative estimate of drug-likeness (QED) is 0.520. The first-order valence-electron chi connectivity index (χ1n) is 12.5.